The third kappa shape index (κ3) is 2.95. The first-order valence-corrected chi connectivity index (χ1v) is 8.29. The average Bonchev–Trinajstić information content (AvgIpc) is 2.68. The lowest BCUT2D eigenvalue weighted by Gasteiger charge is -2.20. The Hall–Kier alpha value is -2.78. The maximum Gasteiger partial charge on any atom is 0.190 e. The average molecular weight is 387 g/mol. The highest BCUT2D eigenvalue weighted by Gasteiger charge is 2.13. The van der Waals surface area contributed by atoms with Gasteiger partial charge in [0.05, 0.1) is 0 Å². The van der Waals surface area contributed by atoms with Gasteiger partial charge in [-0.05, 0) is 0 Å². The summed E-state index contributed by atoms with van der Waals surface area (Å²) < 4.78 is 0. The van der Waals surface area contributed by atoms with Gasteiger partial charge in [-0.1, -0.05) is 71.7 Å². The van der Waals surface area contributed by atoms with Crippen LogP contribution in [0.25, 0.3) is 21.5 Å². The Morgan fingerprint density at radius 2 is 1.27 bits per heavy atom. The third-order valence-electron chi connectivity index (χ3n) is 3.79. The minimum Gasteiger partial charge on any atom is -0.285 e. The van der Waals surface area contributed by atoms with Gasteiger partial charge in [0.1, 0.15) is 0 Å². The maximum atomic E-state index is 6.09. The molecule has 0 radical (unpaired) electrons. The summed E-state index contributed by atoms with van der Waals surface area (Å²) in [4.78, 5) is 0. The van der Waals surface area contributed by atoms with E-state index in [0.717, 1.165) is 21.5 Å². The van der Waals surface area contributed by atoms with Gasteiger partial charge in [0.2, 0.25) is 0 Å². The van der Waals surface area contributed by atoms with Crippen molar-refractivity contribution in [1.82, 2.24) is 25.9 Å². The molecule has 2 aromatic carbocycles. The summed E-state index contributed by atoms with van der Waals surface area (Å²) in [6.45, 7) is 0. The Bertz CT molecular complexity index is 1100. The second-order valence-electron chi connectivity index (χ2n) is 5.35. The van der Waals surface area contributed by atoms with Gasteiger partial charge >= 0.3 is 0 Å². The van der Waals surface area contributed by atoms with Crippen molar-refractivity contribution in [2.45, 2.75) is 0 Å². The number of fused-ring (bicyclic) bond motifs is 2. The predicted octanol–water partition coefficient (Wildman–Crippen LogP) is 3.09. The monoisotopic (exact) mass is 386 g/mol. The van der Waals surface area contributed by atoms with E-state index in [2.05, 4.69) is 31.4 Å². The summed E-state index contributed by atoms with van der Waals surface area (Å²) in [7, 11) is 0. The molecule has 4 N–H and O–H groups in total. The summed E-state index contributed by atoms with van der Waals surface area (Å²) in [6.07, 6.45) is 0. The molecule has 130 valence electrons. The third-order valence-corrected chi connectivity index (χ3v) is 4.35. The van der Waals surface area contributed by atoms with Crippen molar-refractivity contribution < 1.29 is 0 Å². The zero-order valence-corrected chi connectivity index (χ0v) is 14.7. The van der Waals surface area contributed by atoms with Crippen molar-refractivity contribution in [3.05, 3.63) is 58.8 Å². The molecule has 2 heterocycles. The van der Waals surface area contributed by atoms with Crippen molar-refractivity contribution in [1.29, 1.82) is 0 Å². The molecule has 4 aromatic rings. The number of nitrogens with zero attached hydrogens (tertiary/aromatic N) is 5. The number of hydrogen-bond acceptors (Lipinski definition) is 8. The zero-order valence-electron chi connectivity index (χ0n) is 13.2. The molecule has 4 rings (SSSR count). The van der Waals surface area contributed by atoms with E-state index in [1.807, 2.05) is 48.5 Å². The molecule has 0 saturated carbocycles. The molecule has 2 aromatic heterocycles. The Morgan fingerprint density at radius 3 is 1.96 bits per heavy atom. The normalized spacial score (nSPS) is 11.0. The van der Waals surface area contributed by atoms with E-state index in [9.17, 15) is 0 Å². The number of nitrogens with one attached hydrogen (secondary N) is 2. The molecule has 0 saturated heterocycles. The van der Waals surface area contributed by atoms with E-state index in [0.29, 0.717) is 21.9 Å². The Morgan fingerprint density at radius 1 is 0.731 bits per heavy atom. The van der Waals surface area contributed by atoms with Crippen molar-refractivity contribution >= 4 is 56.4 Å². The number of rotatable bonds is 4. The molecule has 0 unspecified atom stereocenters. The summed E-state index contributed by atoms with van der Waals surface area (Å²) in [6, 6.07) is 14.9. The Kier molecular flexibility index (Phi) is 4.39. The number of hydrogen-bond donors (Lipinski definition) is 3. The summed E-state index contributed by atoms with van der Waals surface area (Å²) in [5.74, 6) is 6.93. The van der Waals surface area contributed by atoms with E-state index in [1.54, 1.807) is 0 Å². The molecule has 0 spiro atoms. The van der Waals surface area contributed by atoms with Crippen molar-refractivity contribution in [2.24, 2.45) is 5.84 Å². The van der Waals surface area contributed by atoms with E-state index in [-0.39, 0.29) is 0 Å². The van der Waals surface area contributed by atoms with E-state index in [4.69, 9.17) is 29.0 Å². The van der Waals surface area contributed by atoms with Crippen LogP contribution in [0.3, 0.4) is 0 Å². The van der Waals surface area contributed by atoms with Gasteiger partial charge in [0.25, 0.3) is 0 Å². The molecule has 0 aliphatic heterocycles. The van der Waals surface area contributed by atoms with Crippen LogP contribution in [0.1, 0.15) is 0 Å². The summed E-state index contributed by atoms with van der Waals surface area (Å²) in [5.41, 5.74) is 5.72. The number of nitrogens with two attached hydrogens (primary N) is 1. The lowest BCUT2D eigenvalue weighted by Crippen LogP contribution is -2.48. The highest BCUT2D eigenvalue weighted by molar-refractivity contribution is 6.34. The SMILES string of the molecule is NN(NNc1nnc(Cl)c2ccccc12)c1nnc(Cl)c2ccccc12. The molecule has 10 heteroatoms. The molecule has 0 aliphatic rings. The lowest BCUT2D eigenvalue weighted by atomic mass is 10.2. The standard InChI is InChI=1S/C16H12Cl2N8/c17-13-9-5-1-3-7-11(9)15(22-20-13)23-25-26(19)16-12-8-4-2-6-10(12)14(18)21-24-16/h1-8,25H,19H2,(H,22,23). The van der Waals surface area contributed by atoms with Crippen molar-refractivity contribution in [3.8, 4) is 0 Å². The highest BCUT2D eigenvalue weighted by Crippen LogP contribution is 2.27. The minimum absolute atomic E-state index is 0.306. The topological polar surface area (TPSA) is 105 Å². The fraction of sp³-hybridized carbons (Fsp3) is 0. The molecule has 0 aliphatic carbocycles. The van der Waals surface area contributed by atoms with Crippen LogP contribution >= 0.6 is 23.2 Å². The van der Waals surface area contributed by atoms with Gasteiger partial charge < -0.3 is 0 Å². The van der Waals surface area contributed by atoms with Crippen LogP contribution in [0, 0.1) is 0 Å². The molecular formula is C16H12Cl2N8. The minimum atomic E-state index is 0.306. The smallest absolute Gasteiger partial charge is 0.190 e. The quantitative estimate of drug-likeness (QED) is 0.363. The fourth-order valence-electron chi connectivity index (χ4n) is 2.56. The number of aromatic nitrogens is 4. The molecule has 26 heavy (non-hydrogen) atoms. The van der Waals surface area contributed by atoms with Gasteiger partial charge in [-0.25, -0.2) is 11.0 Å². The van der Waals surface area contributed by atoms with Crippen LogP contribution in [0.5, 0.6) is 0 Å². The molecule has 0 fully saturated rings. The van der Waals surface area contributed by atoms with E-state index in [1.165, 1.54) is 5.12 Å². The summed E-state index contributed by atoms with van der Waals surface area (Å²) >= 11 is 12.2. The second-order valence-corrected chi connectivity index (χ2v) is 6.07. The van der Waals surface area contributed by atoms with Crippen LogP contribution < -0.4 is 21.9 Å². The van der Waals surface area contributed by atoms with Gasteiger partial charge in [0.15, 0.2) is 21.9 Å². The van der Waals surface area contributed by atoms with Crippen LogP contribution in [0.4, 0.5) is 11.6 Å². The molecule has 0 bridgehead atoms. The zero-order chi connectivity index (χ0) is 18.1. The number of anilines is 2. The van der Waals surface area contributed by atoms with Gasteiger partial charge in [-0.3, -0.25) is 5.43 Å². The van der Waals surface area contributed by atoms with Crippen LogP contribution in [-0.2, 0) is 0 Å². The summed E-state index contributed by atoms with van der Waals surface area (Å²) in [5, 5.41) is 20.8. The number of halogens is 2. The largest absolute Gasteiger partial charge is 0.285 e. The van der Waals surface area contributed by atoms with Gasteiger partial charge in [0, 0.05) is 21.5 Å². The maximum absolute atomic E-state index is 6.09. The van der Waals surface area contributed by atoms with E-state index < -0.39 is 0 Å². The first-order chi connectivity index (χ1) is 12.6. The van der Waals surface area contributed by atoms with Crippen molar-refractivity contribution in [3.63, 3.8) is 0 Å². The van der Waals surface area contributed by atoms with Gasteiger partial charge in [-0.15, -0.1) is 25.9 Å². The molecule has 0 atom stereocenters. The molecular weight excluding hydrogens is 375 g/mol. The second kappa shape index (κ2) is 6.85. The first kappa shape index (κ1) is 16.7. The number of hydrazine groups is 3. The van der Waals surface area contributed by atoms with Crippen LogP contribution in [-0.4, -0.2) is 20.4 Å². The molecule has 8 nitrogen and oxygen atoms in total. The fourth-order valence-corrected chi connectivity index (χ4v) is 2.97. The van der Waals surface area contributed by atoms with Crippen molar-refractivity contribution in [2.75, 3.05) is 10.5 Å². The Labute approximate surface area is 157 Å². The van der Waals surface area contributed by atoms with E-state index >= 15 is 0 Å². The Balaban J connectivity index is 1.64. The van der Waals surface area contributed by atoms with Gasteiger partial charge in [-0.2, -0.15) is 0 Å². The highest BCUT2D eigenvalue weighted by atomic mass is 35.5. The van der Waals surface area contributed by atoms with Crippen LogP contribution in [0.2, 0.25) is 10.3 Å². The lowest BCUT2D eigenvalue weighted by molar-refractivity contribution is 0.704. The van der Waals surface area contributed by atoms with Crippen LogP contribution in [0.15, 0.2) is 48.5 Å². The molecule has 0 amide bonds. The predicted molar refractivity (Wildman–Crippen MR) is 103 cm³/mol. The number of benzene rings is 2. The first-order valence-electron chi connectivity index (χ1n) is 7.53.